The van der Waals surface area contributed by atoms with Crippen molar-refractivity contribution >= 4 is 23.0 Å². The lowest BCUT2D eigenvalue weighted by atomic mass is 9.86. The van der Waals surface area contributed by atoms with Crippen LogP contribution < -0.4 is 5.32 Å². The molecular weight excluding hydrogens is 252 g/mol. The summed E-state index contributed by atoms with van der Waals surface area (Å²) in [6.07, 6.45) is 6.26. The molecule has 3 aliphatic rings. The van der Waals surface area contributed by atoms with Gasteiger partial charge < -0.3 is 10.2 Å². The number of hydrogen-bond donors (Lipinski definition) is 1. The maximum atomic E-state index is 5.57. The molecule has 4 unspecified atom stereocenters. The van der Waals surface area contributed by atoms with Gasteiger partial charge in [-0.25, -0.2) is 0 Å². The molecule has 0 radical (unpaired) electrons. The summed E-state index contributed by atoms with van der Waals surface area (Å²) in [6, 6.07) is 10.2. The Morgan fingerprint density at radius 1 is 1.05 bits per heavy atom. The van der Waals surface area contributed by atoms with Crippen LogP contribution in [0.4, 0.5) is 5.69 Å². The fourth-order valence-corrected chi connectivity index (χ4v) is 4.31. The van der Waals surface area contributed by atoms with Gasteiger partial charge in [-0.1, -0.05) is 30.4 Å². The van der Waals surface area contributed by atoms with E-state index in [-0.39, 0.29) is 0 Å². The Morgan fingerprint density at radius 2 is 1.68 bits per heavy atom. The van der Waals surface area contributed by atoms with Crippen molar-refractivity contribution in [2.45, 2.75) is 6.42 Å². The third-order valence-corrected chi connectivity index (χ3v) is 5.33. The molecule has 1 aromatic rings. The number of hydrogen-bond acceptors (Lipinski definition) is 1. The normalized spacial score (nSPS) is 34.6. The summed E-state index contributed by atoms with van der Waals surface area (Å²) in [5.74, 6) is 3.31. The van der Waals surface area contributed by atoms with E-state index < -0.39 is 0 Å². The van der Waals surface area contributed by atoms with Gasteiger partial charge in [0.25, 0.3) is 0 Å². The maximum absolute atomic E-state index is 5.57. The number of nitrogens with zero attached hydrogens (tertiary/aromatic N) is 1. The van der Waals surface area contributed by atoms with Crippen molar-refractivity contribution in [2.75, 3.05) is 18.4 Å². The fraction of sp³-hybridized carbons (Fsp3) is 0.438. The van der Waals surface area contributed by atoms with Gasteiger partial charge in [-0.15, -0.1) is 0 Å². The number of para-hydroxylation sites is 1. The van der Waals surface area contributed by atoms with Gasteiger partial charge in [-0.2, -0.15) is 0 Å². The Balaban J connectivity index is 1.44. The molecule has 1 saturated carbocycles. The lowest BCUT2D eigenvalue weighted by molar-refractivity contribution is 0.395. The summed E-state index contributed by atoms with van der Waals surface area (Å²) < 4.78 is 0. The molecule has 4 rings (SSSR count). The van der Waals surface area contributed by atoms with Gasteiger partial charge in [0.15, 0.2) is 5.11 Å². The van der Waals surface area contributed by atoms with Crippen LogP contribution in [0, 0.1) is 23.7 Å². The third-order valence-electron chi connectivity index (χ3n) is 4.97. The van der Waals surface area contributed by atoms with Crippen LogP contribution in [0.2, 0.25) is 0 Å². The second-order valence-electron chi connectivity index (χ2n) is 5.98. The van der Waals surface area contributed by atoms with Gasteiger partial charge in [0.1, 0.15) is 0 Å². The lowest BCUT2D eigenvalue weighted by Gasteiger charge is -2.22. The van der Waals surface area contributed by atoms with Crippen molar-refractivity contribution in [3.8, 4) is 0 Å². The molecule has 1 aromatic carbocycles. The van der Waals surface area contributed by atoms with E-state index in [0.29, 0.717) is 0 Å². The van der Waals surface area contributed by atoms with E-state index in [0.717, 1.165) is 47.6 Å². The summed E-state index contributed by atoms with van der Waals surface area (Å²) in [5, 5.41) is 4.25. The highest BCUT2D eigenvalue weighted by atomic mass is 32.1. The molecule has 1 aliphatic heterocycles. The molecule has 1 saturated heterocycles. The summed E-state index contributed by atoms with van der Waals surface area (Å²) in [7, 11) is 0. The number of benzene rings is 1. The summed E-state index contributed by atoms with van der Waals surface area (Å²) in [6.45, 7) is 2.27. The molecule has 98 valence electrons. The molecule has 1 N–H and O–H groups in total. The minimum Gasteiger partial charge on any atom is -0.348 e. The Kier molecular flexibility index (Phi) is 2.62. The smallest absolute Gasteiger partial charge is 0.173 e. The molecule has 0 spiro atoms. The zero-order valence-electron chi connectivity index (χ0n) is 10.8. The largest absolute Gasteiger partial charge is 0.348 e. The van der Waals surface area contributed by atoms with Gasteiger partial charge in [-0.3, -0.25) is 0 Å². The van der Waals surface area contributed by atoms with Crippen molar-refractivity contribution in [3.05, 3.63) is 42.5 Å². The highest BCUT2D eigenvalue weighted by molar-refractivity contribution is 7.80. The molecule has 2 fully saturated rings. The predicted octanol–water partition coefficient (Wildman–Crippen LogP) is 3.14. The average molecular weight is 270 g/mol. The first-order chi connectivity index (χ1) is 9.31. The summed E-state index contributed by atoms with van der Waals surface area (Å²) >= 11 is 5.57. The van der Waals surface area contributed by atoms with Crippen LogP contribution in [0.25, 0.3) is 0 Å². The van der Waals surface area contributed by atoms with Crippen LogP contribution in [0.1, 0.15) is 6.42 Å². The van der Waals surface area contributed by atoms with E-state index in [1.54, 1.807) is 0 Å². The Labute approximate surface area is 119 Å². The highest BCUT2D eigenvalue weighted by Crippen LogP contribution is 2.51. The summed E-state index contributed by atoms with van der Waals surface area (Å²) in [5.41, 5.74) is 1.09. The monoisotopic (exact) mass is 270 g/mol. The minimum absolute atomic E-state index is 0.819. The fourth-order valence-electron chi connectivity index (χ4n) is 4.04. The van der Waals surface area contributed by atoms with E-state index >= 15 is 0 Å². The molecular formula is C16H18N2S. The minimum atomic E-state index is 0.819. The first-order valence-electron chi connectivity index (χ1n) is 7.10. The molecule has 3 heteroatoms. The second kappa shape index (κ2) is 4.34. The van der Waals surface area contributed by atoms with Crippen molar-refractivity contribution in [1.29, 1.82) is 0 Å². The number of allylic oxidation sites excluding steroid dienone is 2. The zero-order valence-corrected chi connectivity index (χ0v) is 11.6. The number of nitrogens with one attached hydrogen (secondary N) is 1. The number of likely N-dealkylation sites (tertiary alicyclic amines) is 1. The van der Waals surface area contributed by atoms with E-state index in [9.17, 15) is 0 Å². The molecule has 0 amide bonds. The van der Waals surface area contributed by atoms with E-state index in [2.05, 4.69) is 34.5 Å². The number of rotatable bonds is 1. The van der Waals surface area contributed by atoms with Crippen molar-refractivity contribution in [1.82, 2.24) is 4.90 Å². The first kappa shape index (κ1) is 11.5. The van der Waals surface area contributed by atoms with Gasteiger partial charge in [0, 0.05) is 18.8 Å². The van der Waals surface area contributed by atoms with Crippen LogP contribution in [-0.4, -0.2) is 23.1 Å². The second-order valence-corrected chi connectivity index (χ2v) is 6.36. The van der Waals surface area contributed by atoms with E-state index in [1.807, 2.05) is 18.2 Å². The SMILES string of the molecule is S=C(Nc1ccccc1)N1CC2C3C=CC(C3)C2C1. The number of fused-ring (bicyclic) bond motifs is 5. The lowest BCUT2D eigenvalue weighted by Crippen LogP contribution is -2.34. The van der Waals surface area contributed by atoms with Gasteiger partial charge in [0.2, 0.25) is 0 Å². The van der Waals surface area contributed by atoms with Crippen LogP contribution in [-0.2, 0) is 0 Å². The van der Waals surface area contributed by atoms with Crippen LogP contribution in [0.15, 0.2) is 42.5 Å². The van der Waals surface area contributed by atoms with Crippen molar-refractivity contribution in [3.63, 3.8) is 0 Å². The third kappa shape index (κ3) is 1.88. The molecule has 2 nitrogen and oxygen atoms in total. The van der Waals surface area contributed by atoms with Crippen LogP contribution >= 0.6 is 12.2 Å². The first-order valence-corrected chi connectivity index (χ1v) is 7.51. The van der Waals surface area contributed by atoms with Crippen LogP contribution in [0.5, 0.6) is 0 Å². The molecule has 1 heterocycles. The topological polar surface area (TPSA) is 15.3 Å². The van der Waals surface area contributed by atoms with E-state index in [1.165, 1.54) is 6.42 Å². The zero-order chi connectivity index (χ0) is 12.8. The van der Waals surface area contributed by atoms with Gasteiger partial charge >= 0.3 is 0 Å². The standard InChI is InChI=1S/C16H18N2S/c19-16(17-13-4-2-1-3-5-13)18-9-14-11-6-7-12(8-11)15(14)10-18/h1-7,11-12,14-15H,8-10H2,(H,17,19). The van der Waals surface area contributed by atoms with Crippen molar-refractivity contribution in [2.24, 2.45) is 23.7 Å². The average Bonchev–Trinajstić information content (AvgIpc) is 3.12. The quantitative estimate of drug-likeness (QED) is 0.623. The Morgan fingerprint density at radius 3 is 2.32 bits per heavy atom. The number of anilines is 1. The highest BCUT2D eigenvalue weighted by Gasteiger charge is 2.49. The molecule has 19 heavy (non-hydrogen) atoms. The van der Waals surface area contributed by atoms with Gasteiger partial charge in [-0.05, 0) is 54.4 Å². The molecule has 2 bridgehead atoms. The van der Waals surface area contributed by atoms with E-state index in [4.69, 9.17) is 12.2 Å². The Bertz CT molecular complexity index is 505. The van der Waals surface area contributed by atoms with Crippen molar-refractivity contribution < 1.29 is 0 Å². The maximum Gasteiger partial charge on any atom is 0.173 e. The molecule has 4 atom stereocenters. The molecule has 2 aliphatic carbocycles. The molecule has 0 aromatic heterocycles. The Hall–Kier alpha value is -1.35. The van der Waals surface area contributed by atoms with Gasteiger partial charge in [0.05, 0.1) is 0 Å². The predicted molar refractivity (Wildman–Crippen MR) is 82.0 cm³/mol. The summed E-state index contributed by atoms with van der Waals surface area (Å²) in [4.78, 5) is 2.36. The number of thiocarbonyl (C=S) groups is 1. The van der Waals surface area contributed by atoms with Crippen LogP contribution in [0.3, 0.4) is 0 Å².